The van der Waals surface area contributed by atoms with Crippen LogP contribution in [0.1, 0.15) is 45.4 Å². The molecule has 5 heteroatoms. The summed E-state index contributed by atoms with van der Waals surface area (Å²) in [6, 6.07) is 0. The molecule has 108 valence electrons. The first-order valence-electron chi connectivity index (χ1n) is 6.95. The lowest BCUT2D eigenvalue weighted by molar-refractivity contribution is -0.00837. The normalized spacial score (nSPS) is 29.4. The lowest BCUT2D eigenvalue weighted by atomic mass is 9.78. The van der Waals surface area contributed by atoms with Crippen LogP contribution in [0.15, 0.2) is 0 Å². The van der Waals surface area contributed by atoms with Crippen molar-refractivity contribution in [2.24, 2.45) is 5.92 Å². The minimum absolute atomic E-state index is 0.219. The van der Waals surface area contributed by atoms with Gasteiger partial charge in [-0.3, -0.25) is 0 Å². The van der Waals surface area contributed by atoms with Gasteiger partial charge in [-0.1, -0.05) is 13.3 Å². The van der Waals surface area contributed by atoms with Gasteiger partial charge in [0.25, 0.3) is 0 Å². The highest BCUT2D eigenvalue weighted by Crippen LogP contribution is 2.33. The summed E-state index contributed by atoms with van der Waals surface area (Å²) in [7, 11) is -2.86. The Morgan fingerprint density at radius 2 is 1.94 bits per heavy atom. The molecule has 1 rings (SSSR count). The van der Waals surface area contributed by atoms with Crippen molar-refractivity contribution in [2.75, 3.05) is 25.1 Å². The van der Waals surface area contributed by atoms with Crippen LogP contribution in [0.3, 0.4) is 0 Å². The number of nitrogens with one attached hydrogen (secondary N) is 1. The van der Waals surface area contributed by atoms with Gasteiger partial charge in [-0.2, -0.15) is 0 Å². The quantitative estimate of drug-likeness (QED) is 0.689. The van der Waals surface area contributed by atoms with E-state index in [9.17, 15) is 13.5 Å². The molecule has 1 fully saturated rings. The smallest absolute Gasteiger partial charge is 0.147 e. The van der Waals surface area contributed by atoms with Gasteiger partial charge in [0.05, 0.1) is 11.4 Å². The fourth-order valence-electron chi connectivity index (χ4n) is 2.58. The van der Waals surface area contributed by atoms with Crippen LogP contribution in [0, 0.1) is 5.92 Å². The van der Waals surface area contributed by atoms with Crippen molar-refractivity contribution < 1.29 is 13.5 Å². The van der Waals surface area contributed by atoms with E-state index in [-0.39, 0.29) is 5.75 Å². The van der Waals surface area contributed by atoms with Crippen LogP contribution in [0.2, 0.25) is 0 Å². The van der Waals surface area contributed by atoms with Crippen molar-refractivity contribution in [3.8, 4) is 0 Å². The number of aliphatic hydroxyl groups is 1. The van der Waals surface area contributed by atoms with Crippen LogP contribution in [0.25, 0.3) is 0 Å². The highest BCUT2D eigenvalue weighted by Gasteiger charge is 2.31. The molecule has 1 aliphatic rings. The van der Waals surface area contributed by atoms with Gasteiger partial charge in [-0.05, 0) is 44.6 Å². The van der Waals surface area contributed by atoms with Gasteiger partial charge in [0, 0.05) is 12.8 Å². The maximum Gasteiger partial charge on any atom is 0.147 e. The topological polar surface area (TPSA) is 66.4 Å². The molecule has 0 heterocycles. The molecule has 1 saturated carbocycles. The first-order chi connectivity index (χ1) is 8.35. The fourth-order valence-corrected chi connectivity index (χ4v) is 3.25. The molecule has 0 bridgehead atoms. The van der Waals surface area contributed by atoms with E-state index in [1.54, 1.807) is 0 Å². The molecular weight excluding hydrogens is 250 g/mol. The number of hydrogen-bond donors (Lipinski definition) is 2. The molecule has 0 spiro atoms. The maximum atomic E-state index is 11.0. The Bertz CT molecular complexity index is 332. The third-order valence-corrected chi connectivity index (χ3v) is 4.97. The van der Waals surface area contributed by atoms with Gasteiger partial charge in [-0.25, -0.2) is 8.42 Å². The summed E-state index contributed by atoms with van der Waals surface area (Å²) < 4.78 is 21.9. The Morgan fingerprint density at radius 1 is 1.33 bits per heavy atom. The highest BCUT2D eigenvalue weighted by atomic mass is 32.2. The molecule has 0 aromatic heterocycles. The SMILES string of the molecule is CCC1CCC(O)(CNCCCS(C)(=O)=O)CC1. The Balaban J connectivity index is 2.15. The van der Waals surface area contributed by atoms with Crippen molar-refractivity contribution in [2.45, 2.75) is 51.0 Å². The molecule has 0 aliphatic heterocycles. The molecular formula is C13H27NO3S. The van der Waals surface area contributed by atoms with Crippen LogP contribution < -0.4 is 5.32 Å². The second-order valence-electron chi connectivity index (χ2n) is 5.74. The van der Waals surface area contributed by atoms with Crippen LogP contribution >= 0.6 is 0 Å². The summed E-state index contributed by atoms with van der Waals surface area (Å²) in [6.07, 6.45) is 7.03. The number of rotatable bonds is 7. The van der Waals surface area contributed by atoms with Gasteiger partial charge >= 0.3 is 0 Å². The third kappa shape index (κ3) is 6.16. The summed E-state index contributed by atoms with van der Waals surface area (Å²) in [4.78, 5) is 0. The highest BCUT2D eigenvalue weighted by molar-refractivity contribution is 7.90. The Labute approximate surface area is 111 Å². The zero-order valence-corrected chi connectivity index (χ0v) is 12.4. The van der Waals surface area contributed by atoms with Gasteiger partial charge in [-0.15, -0.1) is 0 Å². The van der Waals surface area contributed by atoms with Crippen molar-refractivity contribution in [1.82, 2.24) is 5.32 Å². The molecule has 4 nitrogen and oxygen atoms in total. The molecule has 0 aromatic carbocycles. The van der Waals surface area contributed by atoms with Crippen molar-refractivity contribution in [3.63, 3.8) is 0 Å². The maximum absolute atomic E-state index is 11.0. The van der Waals surface area contributed by atoms with E-state index in [1.807, 2.05) is 0 Å². The summed E-state index contributed by atoms with van der Waals surface area (Å²) in [5.74, 6) is 0.992. The van der Waals surface area contributed by atoms with E-state index in [1.165, 1.54) is 12.7 Å². The van der Waals surface area contributed by atoms with Crippen molar-refractivity contribution in [1.29, 1.82) is 0 Å². The predicted octanol–water partition coefficient (Wildman–Crippen LogP) is 1.34. The van der Waals surface area contributed by atoms with Gasteiger partial charge < -0.3 is 10.4 Å². The third-order valence-electron chi connectivity index (χ3n) is 3.94. The van der Waals surface area contributed by atoms with E-state index in [4.69, 9.17) is 0 Å². The second-order valence-corrected chi connectivity index (χ2v) is 8.00. The molecule has 0 aromatic rings. The van der Waals surface area contributed by atoms with E-state index < -0.39 is 15.4 Å². The van der Waals surface area contributed by atoms with Gasteiger partial charge in [0.15, 0.2) is 0 Å². The molecule has 0 atom stereocenters. The minimum Gasteiger partial charge on any atom is -0.389 e. The molecule has 2 N–H and O–H groups in total. The fraction of sp³-hybridized carbons (Fsp3) is 1.00. The Hall–Kier alpha value is -0.130. The molecule has 18 heavy (non-hydrogen) atoms. The van der Waals surface area contributed by atoms with E-state index in [2.05, 4.69) is 12.2 Å². The minimum atomic E-state index is -2.86. The van der Waals surface area contributed by atoms with Crippen LogP contribution in [-0.2, 0) is 9.84 Å². The Kier molecular flexibility index (Phi) is 6.08. The first-order valence-corrected chi connectivity index (χ1v) is 9.01. The van der Waals surface area contributed by atoms with Crippen LogP contribution in [-0.4, -0.2) is 44.2 Å². The van der Waals surface area contributed by atoms with Crippen LogP contribution in [0.4, 0.5) is 0 Å². The average molecular weight is 277 g/mol. The summed E-state index contributed by atoms with van der Waals surface area (Å²) >= 11 is 0. The zero-order valence-electron chi connectivity index (χ0n) is 11.6. The van der Waals surface area contributed by atoms with Gasteiger partial charge in [0.1, 0.15) is 9.84 Å². The van der Waals surface area contributed by atoms with Crippen LogP contribution in [0.5, 0.6) is 0 Å². The summed E-state index contributed by atoms with van der Waals surface area (Å²) in [5.41, 5.74) is -0.573. The standard InChI is InChI=1S/C13H27NO3S/c1-3-12-5-7-13(15,8-6-12)11-14-9-4-10-18(2,16)17/h12,14-15H,3-11H2,1-2H3. The van der Waals surface area contributed by atoms with E-state index in [0.29, 0.717) is 19.5 Å². The number of sulfone groups is 1. The van der Waals surface area contributed by atoms with E-state index >= 15 is 0 Å². The van der Waals surface area contributed by atoms with E-state index in [0.717, 1.165) is 31.6 Å². The average Bonchev–Trinajstić information content (AvgIpc) is 2.28. The lowest BCUT2D eigenvalue weighted by Crippen LogP contribution is -2.43. The first kappa shape index (κ1) is 15.9. The molecule has 0 radical (unpaired) electrons. The van der Waals surface area contributed by atoms with Crippen molar-refractivity contribution in [3.05, 3.63) is 0 Å². The molecule has 0 unspecified atom stereocenters. The monoisotopic (exact) mass is 277 g/mol. The molecule has 0 amide bonds. The predicted molar refractivity (Wildman–Crippen MR) is 74.4 cm³/mol. The summed E-state index contributed by atoms with van der Waals surface area (Å²) in [5, 5.41) is 13.5. The summed E-state index contributed by atoms with van der Waals surface area (Å²) in [6.45, 7) is 3.46. The molecule has 1 aliphatic carbocycles. The largest absolute Gasteiger partial charge is 0.389 e. The van der Waals surface area contributed by atoms with Gasteiger partial charge in [0.2, 0.25) is 0 Å². The number of hydrogen-bond acceptors (Lipinski definition) is 4. The second kappa shape index (κ2) is 6.87. The Morgan fingerprint density at radius 3 is 2.44 bits per heavy atom. The lowest BCUT2D eigenvalue weighted by Gasteiger charge is -2.36. The zero-order chi connectivity index (χ0) is 13.6. The molecule has 0 saturated heterocycles. The van der Waals surface area contributed by atoms with Crippen molar-refractivity contribution >= 4 is 9.84 Å².